The van der Waals surface area contributed by atoms with Crippen molar-refractivity contribution in [2.24, 2.45) is 0 Å². The van der Waals surface area contributed by atoms with Gasteiger partial charge in [0.1, 0.15) is 5.15 Å². The maximum Gasteiger partial charge on any atom is 0.251 e. The third-order valence-corrected chi connectivity index (χ3v) is 2.37. The van der Waals surface area contributed by atoms with Gasteiger partial charge in [-0.2, -0.15) is 0 Å². The van der Waals surface area contributed by atoms with E-state index in [1.807, 2.05) is 0 Å². The van der Waals surface area contributed by atoms with E-state index in [1.165, 1.54) is 12.3 Å². The van der Waals surface area contributed by atoms with Crippen molar-refractivity contribution in [3.8, 4) is 0 Å². The number of hydrogen-bond donors (Lipinski definition) is 1. The van der Waals surface area contributed by atoms with Crippen molar-refractivity contribution in [1.82, 2.24) is 10.3 Å². The van der Waals surface area contributed by atoms with Crippen LogP contribution in [-0.2, 0) is 4.74 Å². The molecule has 1 N–H and O–H groups in total. The van der Waals surface area contributed by atoms with Crippen LogP contribution in [-0.4, -0.2) is 30.6 Å². The molecule has 0 atom stereocenters. The van der Waals surface area contributed by atoms with Gasteiger partial charge in [0.15, 0.2) is 0 Å². The normalized spacial score (nSPS) is 10.2. The molecule has 1 heterocycles. The quantitative estimate of drug-likeness (QED) is 0.602. The minimum absolute atomic E-state index is 0.159. The third kappa shape index (κ3) is 5.65. The largest absolute Gasteiger partial charge is 0.380 e. The molecule has 0 saturated carbocycles. The van der Waals surface area contributed by atoms with Gasteiger partial charge < -0.3 is 10.1 Å². The fourth-order valence-corrected chi connectivity index (χ4v) is 1.40. The molecule has 0 radical (unpaired) electrons. The molecule has 1 aromatic rings. The van der Waals surface area contributed by atoms with E-state index in [-0.39, 0.29) is 5.91 Å². The number of halogens is 1. The zero-order chi connectivity index (χ0) is 12.5. The number of carbonyl (C=O) groups excluding carboxylic acids is 1. The number of pyridine rings is 1. The van der Waals surface area contributed by atoms with Crippen molar-refractivity contribution in [3.05, 3.63) is 29.0 Å². The maximum absolute atomic E-state index is 11.6. The van der Waals surface area contributed by atoms with E-state index in [0.29, 0.717) is 23.9 Å². The molecule has 0 aliphatic carbocycles. The zero-order valence-electron chi connectivity index (χ0n) is 9.91. The molecule has 0 unspecified atom stereocenters. The smallest absolute Gasteiger partial charge is 0.251 e. The Bertz CT molecular complexity index is 358. The third-order valence-electron chi connectivity index (χ3n) is 2.16. The summed E-state index contributed by atoms with van der Waals surface area (Å²) in [6, 6.07) is 3.16. The van der Waals surface area contributed by atoms with Gasteiger partial charge in [0.25, 0.3) is 5.91 Å². The van der Waals surface area contributed by atoms with Gasteiger partial charge in [0, 0.05) is 24.9 Å². The van der Waals surface area contributed by atoms with Crippen LogP contribution in [0.4, 0.5) is 0 Å². The van der Waals surface area contributed by atoms with Crippen molar-refractivity contribution in [2.75, 3.05) is 19.8 Å². The van der Waals surface area contributed by atoms with Crippen LogP contribution >= 0.6 is 11.6 Å². The van der Waals surface area contributed by atoms with E-state index < -0.39 is 0 Å². The van der Waals surface area contributed by atoms with Crippen LogP contribution in [0.1, 0.15) is 30.1 Å². The molecule has 0 saturated heterocycles. The minimum Gasteiger partial charge on any atom is -0.380 e. The van der Waals surface area contributed by atoms with E-state index in [9.17, 15) is 4.79 Å². The zero-order valence-corrected chi connectivity index (χ0v) is 10.7. The summed E-state index contributed by atoms with van der Waals surface area (Å²) >= 11 is 5.69. The Morgan fingerprint density at radius 2 is 2.35 bits per heavy atom. The Labute approximate surface area is 106 Å². The summed E-state index contributed by atoms with van der Waals surface area (Å²) in [7, 11) is 0. The summed E-state index contributed by atoms with van der Waals surface area (Å²) in [5.74, 6) is -0.159. The average Bonchev–Trinajstić information content (AvgIpc) is 2.33. The number of nitrogens with zero attached hydrogens (tertiary/aromatic N) is 1. The Kier molecular flexibility index (Phi) is 6.58. The number of nitrogens with one attached hydrogen (secondary N) is 1. The molecule has 1 amide bonds. The highest BCUT2D eigenvalue weighted by atomic mass is 35.5. The molecule has 4 nitrogen and oxygen atoms in total. The molecule has 0 spiro atoms. The second-order valence-electron chi connectivity index (χ2n) is 3.59. The van der Waals surface area contributed by atoms with Crippen LogP contribution < -0.4 is 5.32 Å². The number of hydrogen-bond acceptors (Lipinski definition) is 3. The second kappa shape index (κ2) is 8.03. The molecule has 5 heteroatoms. The Morgan fingerprint density at radius 1 is 1.53 bits per heavy atom. The molecule has 0 aliphatic heterocycles. The highest BCUT2D eigenvalue weighted by molar-refractivity contribution is 6.29. The molecule has 0 bridgehead atoms. The standard InChI is InChI=1S/C12H17ClN2O2/c1-2-3-7-17-8-6-15-12(16)10-4-5-14-11(13)9-10/h4-5,9H,2-3,6-8H2,1H3,(H,15,16). The maximum atomic E-state index is 11.6. The van der Waals surface area contributed by atoms with E-state index >= 15 is 0 Å². The number of carbonyl (C=O) groups is 1. The monoisotopic (exact) mass is 256 g/mol. The lowest BCUT2D eigenvalue weighted by molar-refractivity contribution is 0.0912. The lowest BCUT2D eigenvalue weighted by Crippen LogP contribution is -2.27. The Hall–Kier alpha value is -1.13. The molecular formula is C12H17ClN2O2. The van der Waals surface area contributed by atoms with Crippen molar-refractivity contribution < 1.29 is 9.53 Å². The van der Waals surface area contributed by atoms with Crippen molar-refractivity contribution >= 4 is 17.5 Å². The van der Waals surface area contributed by atoms with Crippen molar-refractivity contribution in [1.29, 1.82) is 0 Å². The number of amides is 1. The van der Waals surface area contributed by atoms with E-state index in [0.717, 1.165) is 19.4 Å². The van der Waals surface area contributed by atoms with Gasteiger partial charge in [-0.3, -0.25) is 4.79 Å². The summed E-state index contributed by atoms with van der Waals surface area (Å²) in [5.41, 5.74) is 0.513. The lowest BCUT2D eigenvalue weighted by Gasteiger charge is -2.06. The second-order valence-corrected chi connectivity index (χ2v) is 3.98. The molecule has 1 rings (SSSR count). The molecule has 0 fully saturated rings. The van der Waals surface area contributed by atoms with Crippen LogP contribution in [0.3, 0.4) is 0 Å². The van der Waals surface area contributed by atoms with Gasteiger partial charge in [-0.1, -0.05) is 24.9 Å². The van der Waals surface area contributed by atoms with Crippen LogP contribution in [0.15, 0.2) is 18.3 Å². The first-order chi connectivity index (χ1) is 8.24. The summed E-state index contributed by atoms with van der Waals surface area (Å²) in [5, 5.41) is 3.07. The summed E-state index contributed by atoms with van der Waals surface area (Å²) in [6.07, 6.45) is 3.67. The SMILES string of the molecule is CCCCOCCNC(=O)c1ccnc(Cl)c1. The van der Waals surface area contributed by atoms with Gasteiger partial charge >= 0.3 is 0 Å². The van der Waals surface area contributed by atoms with Crippen LogP contribution in [0.5, 0.6) is 0 Å². The first kappa shape index (κ1) is 13.9. The molecule has 0 aliphatic rings. The first-order valence-electron chi connectivity index (χ1n) is 5.71. The summed E-state index contributed by atoms with van der Waals surface area (Å²) < 4.78 is 5.33. The number of aromatic nitrogens is 1. The first-order valence-corrected chi connectivity index (χ1v) is 6.09. The van der Waals surface area contributed by atoms with Gasteiger partial charge in [0.2, 0.25) is 0 Å². The predicted molar refractivity (Wildman–Crippen MR) is 67.3 cm³/mol. The Morgan fingerprint density at radius 3 is 3.06 bits per heavy atom. The lowest BCUT2D eigenvalue weighted by atomic mass is 10.2. The summed E-state index contributed by atoms with van der Waals surface area (Å²) in [4.78, 5) is 15.4. The van der Waals surface area contributed by atoms with E-state index in [4.69, 9.17) is 16.3 Å². The highest BCUT2D eigenvalue weighted by Gasteiger charge is 2.04. The van der Waals surface area contributed by atoms with E-state index in [2.05, 4.69) is 17.2 Å². The van der Waals surface area contributed by atoms with Crippen molar-refractivity contribution in [3.63, 3.8) is 0 Å². The van der Waals surface area contributed by atoms with Gasteiger partial charge in [-0.25, -0.2) is 4.98 Å². The average molecular weight is 257 g/mol. The van der Waals surface area contributed by atoms with Crippen LogP contribution in [0, 0.1) is 0 Å². The molecule has 1 aromatic heterocycles. The van der Waals surface area contributed by atoms with Gasteiger partial charge in [0.05, 0.1) is 6.61 Å². The minimum atomic E-state index is -0.159. The number of unbranched alkanes of at least 4 members (excludes halogenated alkanes) is 1. The molecular weight excluding hydrogens is 240 g/mol. The van der Waals surface area contributed by atoms with E-state index in [1.54, 1.807) is 6.07 Å². The number of ether oxygens (including phenoxy) is 1. The fraction of sp³-hybridized carbons (Fsp3) is 0.500. The van der Waals surface area contributed by atoms with Gasteiger partial charge in [-0.05, 0) is 18.6 Å². The molecule has 94 valence electrons. The topological polar surface area (TPSA) is 51.2 Å². The summed E-state index contributed by atoms with van der Waals surface area (Å²) in [6.45, 7) is 3.89. The van der Waals surface area contributed by atoms with Gasteiger partial charge in [-0.15, -0.1) is 0 Å². The van der Waals surface area contributed by atoms with Crippen molar-refractivity contribution in [2.45, 2.75) is 19.8 Å². The molecule has 0 aromatic carbocycles. The molecule has 17 heavy (non-hydrogen) atoms. The predicted octanol–water partition coefficient (Wildman–Crippen LogP) is 2.28. The fourth-order valence-electron chi connectivity index (χ4n) is 1.23. The van der Waals surface area contributed by atoms with Crippen LogP contribution in [0.2, 0.25) is 5.15 Å². The number of rotatable bonds is 7. The highest BCUT2D eigenvalue weighted by Crippen LogP contribution is 2.06. The van der Waals surface area contributed by atoms with Crippen LogP contribution in [0.25, 0.3) is 0 Å². The Balaban J connectivity index is 2.21.